The van der Waals surface area contributed by atoms with E-state index in [-0.39, 0.29) is 0 Å². The second kappa shape index (κ2) is 6.38. The topological polar surface area (TPSA) is 51.4 Å². The number of aliphatic imine (C=N–C) groups is 1. The molecule has 0 aliphatic carbocycles. The molecule has 1 aromatic carbocycles. The summed E-state index contributed by atoms with van der Waals surface area (Å²) in [5.74, 6) is 0. The van der Waals surface area contributed by atoms with Gasteiger partial charge in [0.2, 0.25) is 0 Å². The van der Waals surface area contributed by atoms with Gasteiger partial charge in [0.05, 0.1) is 11.4 Å². The number of benzene rings is 1. The highest BCUT2D eigenvalue weighted by molar-refractivity contribution is 8.13. The van der Waals surface area contributed by atoms with Crippen molar-refractivity contribution in [2.45, 2.75) is 0 Å². The minimum atomic E-state index is 0.540. The second-order valence-corrected chi connectivity index (χ2v) is 4.62. The SMILES string of the molecule is CSC(=Nc1cc(Cl)ccc1N(C)C)NC#N. The number of nitrogens with zero attached hydrogens (tertiary/aromatic N) is 3. The molecule has 0 aliphatic heterocycles. The Morgan fingerprint density at radius 3 is 2.76 bits per heavy atom. The number of nitriles is 1. The molecule has 0 amide bonds. The van der Waals surface area contributed by atoms with E-state index < -0.39 is 0 Å². The van der Waals surface area contributed by atoms with Gasteiger partial charge in [-0.15, -0.1) is 0 Å². The fraction of sp³-hybridized carbons (Fsp3) is 0.273. The van der Waals surface area contributed by atoms with Gasteiger partial charge < -0.3 is 4.90 Å². The van der Waals surface area contributed by atoms with Crippen molar-refractivity contribution in [3.8, 4) is 6.19 Å². The molecular weight excluding hydrogens is 256 g/mol. The van der Waals surface area contributed by atoms with Gasteiger partial charge in [-0.25, -0.2) is 4.99 Å². The molecule has 0 saturated carbocycles. The molecule has 4 nitrogen and oxygen atoms in total. The molecule has 0 unspecified atom stereocenters. The normalized spacial score (nSPS) is 10.9. The van der Waals surface area contributed by atoms with Crippen LogP contribution in [0, 0.1) is 11.5 Å². The van der Waals surface area contributed by atoms with Crippen LogP contribution in [0.25, 0.3) is 0 Å². The van der Waals surface area contributed by atoms with Crippen molar-refractivity contribution < 1.29 is 0 Å². The molecule has 0 fully saturated rings. The van der Waals surface area contributed by atoms with Crippen LogP contribution in [-0.2, 0) is 0 Å². The maximum Gasteiger partial charge on any atom is 0.183 e. The van der Waals surface area contributed by atoms with Crippen LogP contribution in [0.15, 0.2) is 23.2 Å². The first kappa shape index (κ1) is 13.7. The largest absolute Gasteiger partial charge is 0.376 e. The molecule has 17 heavy (non-hydrogen) atoms. The molecule has 0 aliphatic rings. The monoisotopic (exact) mass is 268 g/mol. The number of anilines is 1. The van der Waals surface area contributed by atoms with Crippen molar-refractivity contribution >= 4 is 39.9 Å². The average Bonchev–Trinajstić information content (AvgIpc) is 2.28. The standard InChI is InChI=1S/C11H13ClN4S/c1-16(2)10-5-4-8(12)6-9(10)15-11(17-3)14-7-13/h4-6H,1-3H3,(H,14,15). The zero-order valence-corrected chi connectivity index (χ0v) is 11.4. The lowest BCUT2D eigenvalue weighted by Crippen LogP contribution is -2.13. The molecule has 90 valence electrons. The van der Waals surface area contributed by atoms with Crippen molar-refractivity contribution in [2.24, 2.45) is 4.99 Å². The van der Waals surface area contributed by atoms with Crippen LogP contribution in [0.3, 0.4) is 0 Å². The predicted molar refractivity (Wildman–Crippen MR) is 75.1 cm³/mol. The first-order valence-corrected chi connectivity index (χ1v) is 6.43. The van der Waals surface area contributed by atoms with E-state index in [9.17, 15) is 0 Å². The number of thioether (sulfide) groups is 1. The summed E-state index contributed by atoms with van der Waals surface area (Å²) < 4.78 is 0. The van der Waals surface area contributed by atoms with E-state index in [0.717, 1.165) is 11.4 Å². The maximum atomic E-state index is 8.59. The van der Waals surface area contributed by atoms with E-state index in [4.69, 9.17) is 16.9 Å². The third-order valence-corrected chi connectivity index (χ3v) is 2.81. The third-order valence-electron chi connectivity index (χ3n) is 2.00. The Kier molecular flexibility index (Phi) is 5.13. The fourth-order valence-corrected chi connectivity index (χ4v) is 1.75. The van der Waals surface area contributed by atoms with Crippen molar-refractivity contribution in [1.29, 1.82) is 5.26 Å². The summed E-state index contributed by atoms with van der Waals surface area (Å²) in [5, 5.41) is 12.3. The zero-order valence-electron chi connectivity index (χ0n) is 9.86. The van der Waals surface area contributed by atoms with Gasteiger partial charge in [0.1, 0.15) is 0 Å². The molecule has 0 saturated heterocycles. The number of rotatable bonds is 2. The molecule has 0 heterocycles. The minimum Gasteiger partial charge on any atom is -0.376 e. The number of amidine groups is 1. The summed E-state index contributed by atoms with van der Waals surface area (Å²) >= 11 is 7.32. The van der Waals surface area contributed by atoms with E-state index in [1.54, 1.807) is 6.07 Å². The average molecular weight is 269 g/mol. The molecule has 0 atom stereocenters. The highest BCUT2D eigenvalue weighted by Crippen LogP contribution is 2.30. The van der Waals surface area contributed by atoms with Crippen molar-refractivity contribution in [1.82, 2.24) is 5.32 Å². The molecule has 1 aromatic rings. The quantitative estimate of drug-likeness (QED) is 0.388. The fourth-order valence-electron chi connectivity index (χ4n) is 1.25. The smallest absolute Gasteiger partial charge is 0.183 e. The summed E-state index contributed by atoms with van der Waals surface area (Å²) in [7, 11) is 3.86. The highest BCUT2D eigenvalue weighted by Gasteiger charge is 2.06. The molecular formula is C11H13ClN4S. The number of halogens is 1. The molecule has 1 rings (SSSR count). The van der Waals surface area contributed by atoms with E-state index in [1.165, 1.54) is 11.8 Å². The van der Waals surface area contributed by atoms with Gasteiger partial charge >= 0.3 is 0 Å². The maximum absolute atomic E-state index is 8.59. The Morgan fingerprint density at radius 1 is 1.53 bits per heavy atom. The van der Waals surface area contributed by atoms with Crippen LogP contribution in [0.5, 0.6) is 0 Å². The Balaban J connectivity index is 3.19. The summed E-state index contributed by atoms with van der Waals surface area (Å²) in [6, 6.07) is 5.48. The van der Waals surface area contributed by atoms with Gasteiger partial charge in [0.25, 0.3) is 0 Å². The van der Waals surface area contributed by atoms with E-state index >= 15 is 0 Å². The van der Waals surface area contributed by atoms with Gasteiger partial charge in [-0.3, -0.25) is 5.32 Å². The molecule has 0 spiro atoms. The molecule has 0 radical (unpaired) electrons. The second-order valence-electron chi connectivity index (χ2n) is 3.39. The highest BCUT2D eigenvalue weighted by atomic mass is 35.5. The molecule has 1 N–H and O–H groups in total. The lowest BCUT2D eigenvalue weighted by atomic mass is 10.2. The van der Waals surface area contributed by atoms with E-state index in [2.05, 4.69) is 10.3 Å². The van der Waals surface area contributed by atoms with E-state index in [0.29, 0.717) is 10.2 Å². The van der Waals surface area contributed by atoms with Crippen molar-refractivity contribution in [3.63, 3.8) is 0 Å². The van der Waals surface area contributed by atoms with Crippen LogP contribution in [0.4, 0.5) is 11.4 Å². The summed E-state index contributed by atoms with van der Waals surface area (Å²) in [4.78, 5) is 6.31. The van der Waals surface area contributed by atoms with Gasteiger partial charge in [-0.1, -0.05) is 23.4 Å². The first-order valence-electron chi connectivity index (χ1n) is 4.83. The Bertz CT molecular complexity index is 465. The lowest BCUT2D eigenvalue weighted by molar-refractivity contribution is 1.13. The first-order chi connectivity index (χ1) is 8.08. The Hall–Kier alpha value is -1.38. The minimum absolute atomic E-state index is 0.540. The summed E-state index contributed by atoms with van der Waals surface area (Å²) in [5.41, 5.74) is 1.68. The van der Waals surface area contributed by atoms with Gasteiger partial charge in [0.15, 0.2) is 11.4 Å². The summed E-state index contributed by atoms with van der Waals surface area (Å²) in [6.45, 7) is 0. The molecule has 0 bridgehead atoms. The van der Waals surface area contributed by atoms with Crippen LogP contribution in [-0.4, -0.2) is 25.5 Å². The Morgan fingerprint density at radius 2 is 2.24 bits per heavy atom. The molecule has 6 heteroatoms. The predicted octanol–water partition coefficient (Wildman–Crippen LogP) is 2.83. The number of hydrogen-bond acceptors (Lipinski definition) is 4. The van der Waals surface area contributed by atoms with Crippen molar-refractivity contribution in [3.05, 3.63) is 23.2 Å². The summed E-state index contributed by atoms with van der Waals surface area (Å²) in [6.07, 6.45) is 3.70. The Labute approximate surface area is 110 Å². The number of nitrogens with one attached hydrogen (secondary N) is 1. The van der Waals surface area contributed by atoms with Crippen molar-refractivity contribution in [2.75, 3.05) is 25.3 Å². The van der Waals surface area contributed by atoms with Gasteiger partial charge in [-0.05, 0) is 24.5 Å². The van der Waals surface area contributed by atoms with Crippen LogP contribution < -0.4 is 10.2 Å². The van der Waals surface area contributed by atoms with Crippen LogP contribution in [0.1, 0.15) is 0 Å². The lowest BCUT2D eigenvalue weighted by Gasteiger charge is -2.15. The zero-order chi connectivity index (χ0) is 12.8. The molecule has 0 aromatic heterocycles. The third kappa shape index (κ3) is 3.84. The van der Waals surface area contributed by atoms with Gasteiger partial charge in [-0.2, -0.15) is 5.26 Å². The van der Waals surface area contributed by atoms with E-state index in [1.807, 2.05) is 43.6 Å². The number of hydrogen-bond donors (Lipinski definition) is 1. The van der Waals surface area contributed by atoms with Crippen LogP contribution in [0.2, 0.25) is 5.02 Å². The van der Waals surface area contributed by atoms with Crippen LogP contribution >= 0.6 is 23.4 Å². The van der Waals surface area contributed by atoms with Gasteiger partial charge in [0, 0.05) is 19.1 Å².